The number of amides is 3. The third-order valence-electron chi connectivity index (χ3n) is 6.03. The third kappa shape index (κ3) is 15.3. The van der Waals surface area contributed by atoms with Gasteiger partial charge < -0.3 is 30.2 Å². The van der Waals surface area contributed by atoms with Crippen LogP contribution >= 0.6 is 0 Å². The molecule has 0 aliphatic heterocycles. The summed E-state index contributed by atoms with van der Waals surface area (Å²) in [6, 6.07) is 15.9. The van der Waals surface area contributed by atoms with Crippen LogP contribution in [-0.2, 0) is 51.4 Å². The summed E-state index contributed by atoms with van der Waals surface area (Å²) < 4.78 is 15.8. The number of azide groups is 1. The Balaban J connectivity index is 1.96. The summed E-state index contributed by atoms with van der Waals surface area (Å²) in [5.41, 5.74) is 9.90. The first kappa shape index (κ1) is 35.3. The summed E-state index contributed by atoms with van der Waals surface area (Å²) >= 11 is 0. The lowest BCUT2D eigenvalue weighted by atomic mass is 10.1. The molecule has 0 aliphatic rings. The maximum Gasteiger partial charge on any atom is 0.306 e. The van der Waals surface area contributed by atoms with Gasteiger partial charge in [0.25, 0.3) is 0 Å². The highest BCUT2D eigenvalue weighted by atomic mass is 16.5. The Morgan fingerprint density at radius 3 is 1.80 bits per heavy atom. The molecular formula is C30H38N6O8. The van der Waals surface area contributed by atoms with E-state index in [1.54, 1.807) is 24.3 Å². The summed E-state index contributed by atoms with van der Waals surface area (Å²) in [5.74, 6) is -2.93. The van der Waals surface area contributed by atoms with E-state index in [4.69, 9.17) is 19.7 Å². The van der Waals surface area contributed by atoms with Crippen LogP contribution in [0.25, 0.3) is 10.4 Å². The van der Waals surface area contributed by atoms with E-state index in [0.717, 1.165) is 11.1 Å². The van der Waals surface area contributed by atoms with Gasteiger partial charge in [-0.05, 0) is 29.5 Å². The number of carbonyl (C=O) groups is 5. The van der Waals surface area contributed by atoms with Crippen LogP contribution in [0.3, 0.4) is 0 Å². The molecule has 0 saturated heterocycles. The number of esters is 2. The highest BCUT2D eigenvalue weighted by molar-refractivity contribution is 5.92. The maximum atomic E-state index is 13.2. The first-order chi connectivity index (χ1) is 21.3. The fourth-order valence-corrected chi connectivity index (χ4v) is 3.82. The lowest BCUT2D eigenvalue weighted by Crippen LogP contribution is -2.54. The van der Waals surface area contributed by atoms with Crippen LogP contribution in [0.5, 0.6) is 0 Å². The molecule has 0 aliphatic carbocycles. The molecule has 2 rings (SSSR count). The van der Waals surface area contributed by atoms with Crippen molar-refractivity contribution in [2.24, 2.45) is 5.11 Å². The van der Waals surface area contributed by atoms with Gasteiger partial charge in [0.15, 0.2) is 0 Å². The average Bonchev–Trinajstić information content (AvgIpc) is 3.03. The Kier molecular flexibility index (Phi) is 16.7. The Hall–Kier alpha value is -4.94. The van der Waals surface area contributed by atoms with E-state index in [0.29, 0.717) is 0 Å². The molecule has 0 heterocycles. The van der Waals surface area contributed by atoms with Crippen molar-refractivity contribution in [3.05, 3.63) is 82.2 Å². The van der Waals surface area contributed by atoms with Crippen LogP contribution in [0.1, 0.15) is 43.7 Å². The molecule has 2 atom stereocenters. The quantitative estimate of drug-likeness (QED) is 0.0668. The Morgan fingerprint density at radius 1 is 0.773 bits per heavy atom. The zero-order valence-corrected chi connectivity index (χ0v) is 24.6. The molecule has 44 heavy (non-hydrogen) atoms. The number of benzene rings is 2. The fraction of sp³-hybridized carbons (Fsp3) is 0.433. The molecular weight excluding hydrogens is 572 g/mol. The van der Waals surface area contributed by atoms with Crippen molar-refractivity contribution in [2.75, 3.05) is 26.3 Å². The minimum Gasteiger partial charge on any atom is -0.461 e. The number of carbonyl (C=O) groups excluding carboxylic acids is 5. The monoisotopic (exact) mass is 610 g/mol. The van der Waals surface area contributed by atoms with Crippen molar-refractivity contribution in [3.8, 4) is 0 Å². The molecule has 0 fully saturated rings. The van der Waals surface area contributed by atoms with E-state index in [1.807, 2.05) is 36.4 Å². The Bertz CT molecular complexity index is 1250. The van der Waals surface area contributed by atoms with Gasteiger partial charge >= 0.3 is 11.9 Å². The average molecular weight is 611 g/mol. The molecule has 14 nitrogen and oxygen atoms in total. The number of nitrogens with zero attached hydrogens (tertiary/aromatic N) is 3. The lowest BCUT2D eigenvalue weighted by Gasteiger charge is -2.22. The second-order valence-corrected chi connectivity index (χ2v) is 9.54. The van der Waals surface area contributed by atoms with Crippen molar-refractivity contribution >= 4 is 29.7 Å². The molecule has 14 heteroatoms. The van der Waals surface area contributed by atoms with E-state index < -0.39 is 41.7 Å². The molecule has 0 saturated carbocycles. The predicted molar refractivity (Wildman–Crippen MR) is 158 cm³/mol. The Morgan fingerprint density at radius 2 is 1.30 bits per heavy atom. The van der Waals surface area contributed by atoms with E-state index >= 15 is 0 Å². The summed E-state index contributed by atoms with van der Waals surface area (Å²) in [4.78, 5) is 65.3. The van der Waals surface area contributed by atoms with Crippen LogP contribution in [-0.4, -0.2) is 68.0 Å². The van der Waals surface area contributed by atoms with E-state index in [-0.39, 0.29) is 65.2 Å². The number of hydrogen-bond donors (Lipinski definition) is 3. The largest absolute Gasteiger partial charge is 0.461 e. The standard InChI is InChI=1S/C30H38N6O8/c1-22(37)34-26(13-15-28(39)44-21-24-10-6-3-7-11-24)30(41)35-25(29(40)32-16-18-42-19-17-33-36-31)12-14-27(38)43-20-23-8-4-2-5-9-23/h2-11,25-26H,12-21H2,1H3,(H,32,40)(H,34,37)(H,35,41)/t25-,26+/m0/s1. The molecule has 0 radical (unpaired) electrons. The molecule has 0 unspecified atom stereocenters. The van der Waals surface area contributed by atoms with Crippen molar-refractivity contribution < 1.29 is 38.2 Å². The number of hydrogen-bond acceptors (Lipinski definition) is 9. The zero-order valence-electron chi connectivity index (χ0n) is 24.6. The minimum atomic E-state index is -1.16. The maximum absolute atomic E-state index is 13.2. The molecule has 2 aromatic carbocycles. The number of nitrogens with one attached hydrogen (secondary N) is 3. The van der Waals surface area contributed by atoms with Gasteiger partial charge in [-0.25, -0.2) is 0 Å². The summed E-state index contributed by atoms with van der Waals surface area (Å²) in [6.45, 7) is 1.85. The number of rotatable bonds is 20. The molecule has 2 aromatic rings. The van der Waals surface area contributed by atoms with E-state index in [2.05, 4.69) is 26.0 Å². The third-order valence-corrected chi connectivity index (χ3v) is 6.03. The topological polar surface area (TPSA) is 198 Å². The molecule has 0 bridgehead atoms. The zero-order chi connectivity index (χ0) is 32.0. The van der Waals surface area contributed by atoms with Gasteiger partial charge in [-0.2, -0.15) is 0 Å². The first-order valence-electron chi connectivity index (χ1n) is 14.1. The molecule has 3 amide bonds. The van der Waals surface area contributed by atoms with Crippen LogP contribution in [0.4, 0.5) is 0 Å². The second kappa shape index (κ2) is 20.9. The van der Waals surface area contributed by atoms with Gasteiger partial charge in [0.2, 0.25) is 17.7 Å². The van der Waals surface area contributed by atoms with Gasteiger partial charge in [0.05, 0.1) is 13.2 Å². The Labute approximate surface area is 255 Å². The van der Waals surface area contributed by atoms with Crippen molar-refractivity contribution in [3.63, 3.8) is 0 Å². The van der Waals surface area contributed by atoms with Crippen molar-refractivity contribution in [1.82, 2.24) is 16.0 Å². The molecule has 3 N–H and O–H groups in total. The summed E-state index contributed by atoms with van der Waals surface area (Å²) in [7, 11) is 0. The van der Waals surface area contributed by atoms with Gasteiger partial charge in [0, 0.05) is 37.8 Å². The summed E-state index contributed by atoms with van der Waals surface area (Å²) in [6.07, 6.45) is -0.508. The summed E-state index contributed by atoms with van der Waals surface area (Å²) in [5, 5.41) is 11.0. The van der Waals surface area contributed by atoms with Crippen LogP contribution < -0.4 is 16.0 Å². The van der Waals surface area contributed by atoms with Gasteiger partial charge in [-0.15, -0.1) is 0 Å². The minimum absolute atomic E-state index is 0.0566. The lowest BCUT2D eigenvalue weighted by molar-refractivity contribution is -0.146. The van der Waals surface area contributed by atoms with Crippen molar-refractivity contribution in [2.45, 2.75) is 57.9 Å². The fourth-order valence-electron chi connectivity index (χ4n) is 3.82. The second-order valence-electron chi connectivity index (χ2n) is 9.54. The predicted octanol–water partition coefficient (Wildman–Crippen LogP) is 2.47. The first-order valence-corrected chi connectivity index (χ1v) is 14.1. The van der Waals surface area contributed by atoms with Crippen molar-refractivity contribution in [1.29, 1.82) is 0 Å². The number of ether oxygens (including phenoxy) is 3. The van der Waals surface area contributed by atoms with Gasteiger partial charge in [-0.3, -0.25) is 24.0 Å². The molecule has 0 spiro atoms. The molecule has 236 valence electrons. The smallest absolute Gasteiger partial charge is 0.306 e. The normalized spacial score (nSPS) is 11.7. The van der Waals surface area contributed by atoms with Crippen LogP contribution in [0.2, 0.25) is 0 Å². The van der Waals surface area contributed by atoms with Crippen LogP contribution in [0, 0.1) is 0 Å². The highest BCUT2D eigenvalue weighted by Crippen LogP contribution is 2.08. The van der Waals surface area contributed by atoms with Crippen LogP contribution in [0.15, 0.2) is 65.8 Å². The molecule has 0 aromatic heterocycles. The van der Waals surface area contributed by atoms with E-state index in [9.17, 15) is 24.0 Å². The highest BCUT2D eigenvalue weighted by Gasteiger charge is 2.27. The van der Waals surface area contributed by atoms with Gasteiger partial charge in [-0.1, -0.05) is 65.8 Å². The van der Waals surface area contributed by atoms with Gasteiger partial charge in [0.1, 0.15) is 25.3 Å². The SMILES string of the molecule is CC(=O)N[C@H](CCC(=O)OCc1ccccc1)C(=O)N[C@@H](CCC(=O)OCc1ccccc1)C(=O)NCCOCCN=[N+]=[N-]. The van der Waals surface area contributed by atoms with E-state index in [1.165, 1.54) is 6.92 Å².